The predicted octanol–water partition coefficient (Wildman–Crippen LogP) is 1.57. The highest BCUT2D eigenvalue weighted by Gasteiger charge is 2.30. The number of ether oxygens (including phenoxy) is 1. The number of nitrogens with zero attached hydrogens (tertiary/aromatic N) is 1. The number of Topliss-reactive ketones (excluding diaryl/α,β-unsaturated/α-hetero) is 1. The summed E-state index contributed by atoms with van der Waals surface area (Å²) in [6.07, 6.45) is -1.85. The molecule has 0 bridgehead atoms. The maximum Gasteiger partial charge on any atom is 0.261 e. The second-order valence-corrected chi connectivity index (χ2v) is 4.25. The van der Waals surface area contributed by atoms with E-state index < -0.39 is 13.0 Å². The summed E-state index contributed by atoms with van der Waals surface area (Å²) in [5.74, 6) is 0.320. The molecule has 0 aromatic carbocycles. The van der Waals surface area contributed by atoms with Gasteiger partial charge in [0.15, 0.2) is 0 Å². The first kappa shape index (κ1) is 13.5. The van der Waals surface area contributed by atoms with Crippen molar-refractivity contribution in [2.75, 3.05) is 26.3 Å². The highest BCUT2D eigenvalue weighted by atomic mass is 19.3. The molecule has 3 nitrogen and oxygen atoms in total. The van der Waals surface area contributed by atoms with Gasteiger partial charge in [0.05, 0.1) is 6.61 Å². The molecule has 2 atom stereocenters. The number of hydrogen-bond donors (Lipinski definition) is 0. The molecule has 2 unspecified atom stereocenters. The minimum atomic E-state index is -2.40. The summed E-state index contributed by atoms with van der Waals surface area (Å²) in [5.41, 5.74) is 0. The third kappa shape index (κ3) is 3.79. The SMILES string of the molecule is CC1C(=O)CCN(CCOCC(F)F)C1C. The summed E-state index contributed by atoms with van der Waals surface area (Å²) in [5, 5.41) is 0. The van der Waals surface area contributed by atoms with Crippen LogP contribution in [0, 0.1) is 5.92 Å². The van der Waals surface area contributed by atoms with Gasteiger partial charge in [0, 0.05) is 31.5 Å². The summed E-state index contributed by atoms with van der Waals surface area (Å²) in [6.45, 7) is 5.04. The number of hydrogen-bond acceptors (Lipinski definition) is 3. The number of piperidine rings is 1. The Balaban J connectivity index is 2.24. The first-order chi connectivity index (χ1) is 7.52. The Labute approximate surface area is 94.7 Å². The number of carbonyl (C=O) groups is 1. The fourth-order valence-electron chi connectivity index (χ4n) is 1.94. The van der Waals surface area contributed by atoms with Crippen molar-refractivity contribution >= 4 is 5.78 Å². The van der Waals surface area contributed by atoms with Gasteiger partial charge in [-0.15, -0.1) is 0 Å². The molecule has 0 aliphatic carbocycles. The van der Waals surface area contributed by atoms with Gasteiger partial charge in [0.2, 0.25) is 0 Å². The highest BCUT2D eigenvalue weighted by molar-refractivity contribution is 5.82. The van der Waals surface area contributed by atoms with Crippen molar-refractivity contribution in [2.24, 2.45) is 5.92 Å². The van der Waals surface area contributed by atoms with E-state index in [1.165, 1.54) is 0 Å². The quantitative estimate of drug-likeness (QED) is 0.677. The molecular formula is C11H19F2NO2. The number of alkyl halides is 2. The summed E-state index contributed by atoms with van der Waals surface area (Å²) >= 11 is 0. The van der Waals surface area contributed by atoms with Gasteiger partial charge in [-0.25, -0.2) is 8.78 Å². The van der Waals surface area contributed by atoms with Crippen molar-refractivity contribution in [1.82, 2.24) is 4.90 Å². The molecule has 1 heterocycles. The topological polar surface area (TPSA) is 29.5 Å². The number of ketones is 1. The third-order valence-electron chi connectivity index (χ3n) is 3.22. The van der Waals surface area contributed by atoms with E-state index in [-0.39, 0.29) is 17.7 Å². The molecule has 16 heavy (non-hydrogen) atoms. The van der Waals surface area contributed by atoms with Crippen molar-refractivity contribution in [2.45, 2.75) is 32.7 Å². The molecule has 0 N–H and O–H groups in total. The van der Waals surface area contributed by atoms with Crippen LogP contribution in [-0.2, 0) is 9.53 Å². The number of halogens is 2. The molecule has 0 saturated carbocycles. The van der Waals surface area contributed by atoms with E-state index in [9.17, 15) is 13.6 Å². The lowest BCUT2D eigenvalue weighted by Crippen LogP contribution is -2.47. The van der Waals surface area contributed by atoms with E-state index in [0.717, 1.165) is 0 Å². The Morgan fingerprint density at radius 2 is 2.19 bits per heavy atom. The first-order valence-electron chi connectivity index (χ1n) is 5.65. The fourth-order valence-corrected chi connectivity index (χ4v) is 1.94. The Morgan fingerprint density at radius 1 is 1.50 bits per heavy atom. The van der Waals surface area contributed by atoms with Crippen molar-refractivity contribution in [3.8, 4) is 0 Å². The van der Waals surface area contributed by atoms with Gasteiger partial charge in [-0.05, 0) is 6.92 Å². The third-order valence-corrected chi connectivity index (χ3v) is 3.22. The number of likely N-dealkylation sites (tertiary alicyclic amines) is 1. The van der Waals surface area contributed by atoms with E-state index >= 15 is 0 Å². The van der Waals surface area contributed by atoms with Crippen LogP contribution in [0.1, 0.15) is 20.3 Å². The van der Waals surface area contributed by atoms with Crippen molar-refractivity contribution < 1.29 is 18.3 Å². The zero-order valence-electron chi connectivity index (χ0n) is 9.79. The van der Waals surface area contributed by atoms with Gasteiger partial charge in [0.25, 0.3) is 6.43 Å². The maximum absolute atomic E-state index is 11.8. The normalized spacial score (nSPS) is 27.7. The van der Waals surface area contributed by atoms with Gasteiger partial charge in [0.1, 0.15) is 12.4 Å². The predicted molar refractivity (Wildman–Crippen MR) is 56.6 cm³/mol. The van der Waals surface area contributed by atoms with E-state index in [1.807, 2.05) is 13.8 Å². The van der Waals surface area contributed by atoms with Crippen LogP contribution in [0.2, 0.25) is 0 Å². The lowest BCUT2D eigenvalue weighted by Gasteiger charge is -2.36. The van der Waals surface area contributed by atoms with Crippen LogP contribution in [0.5, 0.6) is 0 Å². The fraction of sp³-hybridized carbons (Fsp3) is 0.909. The molecule has 0 radical (unpaired) electrons. The van der Waals surface area contributed by atoms with Crippen molar-refractivity contribution in [3.63, 3.8) is 0 Å². The molecule has 0 aromatic rings. The molecule has 0 spiro atoms. The minimum Gasteiger partial charge on any atom is -0.374 e. The van der Waals surface area contributed by atoms with Gasteiger partial charge >= 0.3 is 0 Å². The zero-order valence-corrected chi connectivity index (χ0v) is 9.79. The molecule has 0 amide bonds. The maximum atomic E-state index is 11.8. The van der Waals surface area contributed by atoms with Crippen molar-refractivity contribution in [1.29, 1.82) is 0 Å². The van der Waals surface area contributed by atoms with Crippen LogP contribution >= 0.6 is 0 Å². The smallest absolute Gasteiger partial charge is 0.261 e. The molecule has 0 aromatic heterocycles. The molecule has 1 aliphatic rings. The Bertz CT molecular complexity index is 236. The van der Waals surface area contributed by atoms with Crippen LogP contribution in [-0.4, -0.2) is 49.5 Å². The number of carbonyl (C=O) groups excluding carboxylic acids is 1. The van der Waals surface area contributed by atoms with E-state index in [4.69, 9.17) is 4.74 Å². The van der Waals surface area contributed by atoms with Crippen LogP contribution < -0.4 is 0 Å². The van der Waals surface area contributed by atoms with Crippen LogP contribution in [0.25, 0.3) is 0 Å². The van der Waals surface area contributed by atoms with Gasteiger partial charge in [-0.3, -0.25) is 9.69 Å². The largest absolute Gasteiger partial charge is 0.374 e. The number of rotatable bonds is 5. The van der Waals surface area contributed by atoms with Crippen molar-refractivity contribution in [3.05, 3.63) is 0 Å². The lowest BCUT2D eigenvalue weighted by molar-refractivity contribution is -0.128. The van der Waals surface area contributed by atoms with E-state index in [2.05, 4.69) is 4.90 Å². The molecule has 1 saturated heterocycles. The molecule has 1 fully saturated rings. The van der Waals surface area contributed by atoms with Gasteiger partial charge in [-0.2, -0.15) is 0 Å². The Kier molecular flexibility index (Phi) is 5.28. The molecule has 5 heteroatoms. The first-order valence-corrected chi connectivity index (χ1v) is 5.65. The second-order valence-electron chi connectivity index (χ2n) is 4.25. The summed E-state index contributed by atoms with van der Waals surface area (Å²) in [7, 11) is 0. The second kappa shape index (κ2) is 6.25. The highest BCUT2D eigenvalue weighted by Crippen LogP contribution is 2.19. The van der Waals surface area contributed by atoms with Crippen LogP contribution in [0.15, 0.2) is 0 Å². The molecule has 1 rings (SSSR count). The van der Waals surface area contributed by atoms with Crippen LogP contribution in [0.4, 0.5) is 8.78 Å². The molecular weight excluding hydrogens is 216 g/mol. The van der Waals surface area contributed by atoms with Crippen LogP contribution in [0.3, 0.4) is 0 Å². The van der Waals surface area contributed by atoms with Gasteiger partial charge in [-0.1, -0.05) is 6.92 Å². The van der Waals surface area contributed by atoms with E-state index in [1.54, 1.807) is 0 Å². The summed E-state index contributed by atoms with van der Waals surface area (Å²) in [6, 6.07) is 0.177. The zero-order chi connectivity index (χ0) is 12.1. The average Bonchev–Trinajstić information content (AvgIpc) is 2.23. The Morgan fingerprint density at radius 3 is 2.81 bits per heavy atom. The van der Waals surface area contributed by atoms with Gasteiger partial charge < -0.3 is 4.74 Å². The molecule has 94 valence electrons. The Hall–Kier alpha value is -0.550. The monoisotopic (exact) mass is 235 g/mol. The average molecular weight is 235 g/mol. The standard InChI is InChI=1S/C11H19F2NO2/c1-8-9(2)14(4-3-10(8)15)5-6-16-7-11(12)13/h8-9,11H,3-7H2,1-2H3. The molecule has 1 aliphatic heterocycles. The summed E-state index contributed by atoms with van der Waals surface area (Å²) in [4.78, 5) is 13.5. The van der Waals surface area contributed by atoms with E-state index in [0.29, 0.717) is 26.1 Å². The minimum absolute atomic E-state index is 0.0313. The lowest BCUT2D eigenvalue weighted by atomic mass is 9.91. The summed E-state index contributed by atoms with van der Waals surface area (Å²) < 4.78 is 28.4.